The summed E-state index contributed by atoms with van der Waals surface area (Å²) in [7, 11) is 0. The van der Waals surface area contributed by atoms with Gasteiger partial charge in [-0.1, -0.05) is 12.7 Å². The van der Waals surface area contributed by atoms with Gasteiger partial charge in [0.05, 0.1) is 4.47 Å². The van der Waals surface area contributed by atoms with Gasteiger partial charge in [0, 0.05) is 0 Å². The molecule has 0 spiro atoms. The average molecular weight is 245 g/mol. The summed E-state index contributed by atoms with van der Waals surface area (Å²) in [6, 6.07) is 4.31. The predicted molar refractivity (Wildman–Crippen MR) is 54.4 cm³/mol. The van der Waals surface area contributed by atoms with E-state index in [1.54, 1.807) is 12.1 Å². The van der Waals surface area contributed by atoms with E-state index < -0.39 is 0 Å². The SMILES string of the molecule is C=CC(C)Oc1ccc(F)cc1Br. The zero-order valence-electron chi connectivity index (χ0n) is 7.26. The normalized spacial score (nSPS) is 12.2. The second-order valence-electron chi connectivity index (χ2n) is 2.63. The standard InChI is InChI=1S/C10H10BrFO/c1-3-7(2)13-10-5-4-8(12)6-9(10)11/h3-7H,1H2,2H3. The Morgan fingerprint density at radius 2 is 2.31 bits per heavy atom. The number of hydrogen-bond donors (Lipinski definition) is 0. The van der Waals surface area contributed by atoms with E-state index in [4.69, 9.17) is 4.74 Å². The van der Waals surface area contributed by atoms with Crippen LogP contribution in [0.5, 0.6) is 5.75 Å². The maximum absolute atomic E-state index is 12.7. The lowest BCUT2D eigenvalue weighted by atomic mass is 10.3. The van der Waals surface area contributed by atoms with Gasteiger partial charge in [0.15, 0.2) is 0 Å². The summed E-state index contributed by atoms with van der Waals surface area (Å²) in [6.07, 6.45) is 1.59. The summed E-state index contributed by atoms with van der Waals surface area (Å²) >= 11 is 3.21. The van der Waals surface area contributed by atoms with Crippen molar-refractivity contribution < 1.29 is 9.13 Å². The first-order chi connectivity index (χ1) is 6.13. The largest absolute Gasteiger partial charge is 0.485 e. The van der Waals surface area contributed by atoms with Gasteiger partial charge in [-0.25, -0.2) is 4.39 Å². The van der Waals surface area contributed by atoms with Crippen molar-refractivity contribution in [2.24, 2.45) is 0 Å². The number of hydrogen-bond acceptors (Lipinski definition) is 1. The molecule has 0 aliphatic rings. The molecular formula is C10H10BrFO. The molecule has 0 saturated carbocycles. The maximum Gasteiger partial charge on any atom is 0.134 e. The van der Waals surface area contributed by atoms with E-state index >= 15 is 0 Å². The van der Waals surface area contributed by atoms with Crippen molar-refractivity contribution in [2.45, 2.75) is 13.0 Å². The fourth-order valence-electron chi connectivity index (χ4n) is 0.819. The molecule has 1 atom stereocenters. The van der Waals surface area contributed by atoms with Crippen LogP contribution in [0.25, 0.3) is 0 Å². The number of ether oxygens (including phenoxy) is 1. The third kappa shape index (κ3) is 2.84. The lowest BCUT2D eigenvalue weighted by Gasteiger charge is -2.11. The molecule has 0 fully saturated rings. The Morgan fingerprint density at radius 1 is 1.62 bits per heavy atom. The molecule has 1 aromatic rings. The zero-order valence-corrected chi connectivity index (χ0v) is 8.84. The molecular weight excluding hydrogens is 235 g/mol. The maximum atomic E-state index is 12.7. The Kier molecular flexibility index (Phi) is 3.48. The highest BCUT2D eigenvalue weighted by atomic mass is 79.9. The fourth-order valence-corrected chi connectivity index (χ4v) is 1.26. The highest BCUT2D eigenvalue weighted by molar-refractivity contribution is 9.10. The predicted octanol–water partition coefficient (Wildman–Crippen LogP) is 3.54. The van der Waals surface area contributed by atoms with Crippen LogP contribution in [0.3, 0.4) is 0 Å². The average Bonchev–Trinajstić information content (AvgIpc) is 2.09. The van der Waals surface area contributed by atoms with Gasteiger partial charge in [0.1, 0.15) is 17.7 Å². The van der Waals surface area contributed by atoms with Gasteiger partial charge in [0.2, 0.25) is 0 Å². The minimum atomic E-state index is -0.287. The van der Waals surface area contributed by atoms with Gasteiger partial charge >= 0.3 is 0 Å². The van der Waals surface area contributed by atoms with E-state index in [0.29, 0.717) is 10.2 Å². The second-order valence-corrected chi connectivity index (χ2v) is 3.49. The van der Waals surface area contributed by atoms with Crippen molar-refractivity contribution in [1.29, 1.82) is 0 Å². The number of benzene rings is 1. The monoisotopic (exact) mass is 244 g/mol. The fraction of sp³-hybridized carbons (Fsp3) is 0.200. The molecule has 0 aromatic heterocycles. The summed E-state index contributed by atoms with van der Waals surface area (Å²) < 4.78 is 18.7. The highest BCUT2D eigenvalue weighted by Gasteiger charge is 2.04. The Balaban J connectivity index is 2.83. The van der Waals surface area contributed by atoms with Crippen LogP contribution in [0.1, 0.15) is 6.92 Å². The molecule has 1 unspecified atom stereocenters. The summed E-state index contributed by atoms with van der Waals surface area (Å²) in [5.74, 6) is 0.333. The first-order valence-corrected chi connectivity index (χ1v) is 4.67. The van der Waals surface area contributed by atoms with Crippen molar-refractivity contribution in [3.63, 3.8) is 0 Å². The van der Waals surface area contributed by atoms with Crippen LogP contribution in [0.15, 0.2) is 35.3 Å². The molecule has 0 N–H and O–H groups in total. The third-order valence-electron chi connectivity index (χ3n) is 1.54. The number of halogens is 2. The first kappa shape index (κ1) is 10.3. The van der Waals surface area contributed by atoms with Crippen molar-refractivity contribution in [1.82, 2.24) is 0 Å². The van der Waals surface area contributed by atoms with Crippen LogP contribution in [0.2, 0.25) is 0 Å². The zero-order chi connectivity index (χ0) is 9.84. The molecule has 0 aliphatic carbocycles. The van der Waals surface area contributed by atoms with Crippen LogP contribution in [0.4, 0.5) is 4.39 Å². The van der Waals surface area contributed by atoms with Crippen LogP contribution < -0.4 is 4.74 Å². The van der Waals surface area contributed by atoms with Crippen molar-refractivity contribution >= 4 is 15.9 Å². The molecule has 0 amide bonds. The minimum Gasteiger partial charge on any atom is -0.485 e. The topological polar surface area (TPSA) is 9.23 Å². The lowest BCUT2D eigenvalue weighted by Crippen LogP contribution is -2.07. The van der Waals surface area contributed by atoms with Gasteiger partial charge in [0.25, 0.3) is 0 Å². The summed E-state index contributed by atoms with van der Waals surface area (Å²) in [5.41, 5.74) is 0. The minimum absolute atomic E-state index is 0.0817. The quantitative estimate of drug-likeness (QED) is 0.740. The molecule has 1 nitrogen and oxygen atoms in total. The van der Waals surface area contributed by atoms with E-state index in [0.717, 1.165) is 0 Å². The summed E-state index contributed by atoms with van der Waals surface area (Å²) in [6.45, 7) is 5.45. The number of rotatable bonds is 3. The highest BCUT2D eigenvalue weighted by Crippen LogP contribution is 2.26. The van der Waals surface area contributed by atoms with Gasteiger partial charge in [-0.05, 0) is 41.1 Å². The molecule has 13 heavy (non-hydrogen) atoms. The molecule has 0 bridgehead atoms. The molecule has 3 heteroatoms. The molecule has 1 rings (SSSR count). The second kappa shape index (κ2) is 4.42. The van der Waals surface area contributed by atoms with Crippen molar-refractivity contribution in [3.05, 3.63) is 41.1 Å². The molecule has 0 saturated heterocycles. The first-order valence-electron chi connectivity index (χ1n) is 3.87. The van der Waals surface area contributed by atoms with Crippen LogP contribution >= 0.6 is 15.9 Å². The van der Waals surface area contributed by atoms with Gasteiger partial charge in [-0.2, -0.15) is 0 Å². The Bertz CT molecular complexity index is 312. The molecule has 1 aromatic carbocycles. The Labute approximate surface area is 85.3 Å². The molecule has 0 aliphatic heterocycles. The van der Waals surface area contributed by atoms with E-state index in [1.165, 1.54) is 12.1 Å². The van der Waals surface area contributed by atoms with Crippen LogP contribution in [-0.2, 0) is 0 Å². The van der Waals surface area contributed by atoms with Crippen LogP contribution in [-0.4, -0.2) is 6.10 Å². The molecule has 0 radical (unpaired) electrons. The Morgan fingerprint density at radius 3 is 2.85 bits per heavy atom. The smallest absolute Gasteiger partial charge is 0.134 e. The van der Waals surface area contributed by atoms with Crippen molar-refractivity contribution in [3.8, 4) is 5.75 Å². The van der Waals surface area contributed by atoms with Crippen LogP contribution in [0, 0.1) is 5.82 Å². The van der Waals surface area contributed by atoms with E-state index in [1.807, 2.05) is 6.92 Å². The lowest BCUT2D eigenvalue weighted by molar-refractivity contribution is 0.268. The van der Waals surface area contributed by atoms with E-state index in [9.17, 15) is 4.39 Å². The van der Waals surface area contributed by atoms with Crippen molar-refractivity contribution in [2.75, 3.05) is 0 Å². The molecule has 70 valence electrons. The van der Waals surface area contributed by atoms with E-state index in [-0.39, 0.29) is 11.9 Å². The summed E-state index contributed by atoms with van der Waals surface area (Å²) in [5, 5.41) is 0. The summed E-state index contributed by atoms with van der Waals surface area (Å²) in [4.78, 5) is 0. The third-order valence-corrected chi connectivity index (χ3v) is 2.16. The van der Waals surface area contributed by atoms with Gasteiger partial charge < -0.3 is 4.74 Å². The molecule has 0 heterocycles. The van der Waals surface area contributed by atoms with E-state index in [2.05, 4.69) is 22.5 Å². The van der Waals surface area contributed by atoms with Gasteiger partial charge in [-0.3, -0.25) is 0 Å². The van der Waals surface area contributed by atoms with Gasteiger partial charge in [-0.15, -0.1) is 0 Å². The Hall–Kier alpha value is -0.830.